The first-order valence-electron chi connectivity index (χ1n) is 10.2. The maximum Gasteiger partial charge on any atom is 0.245 e. The van der Waals surface area contributed by atoms with E-state index < -0.39 is 0 Å². The smallest absolute Gasteiger partial charge is 0.245 e. The largest absolute Gasteiger partial charge is 0.340 e. The second-order valence-electron chi connectivity index (χ2n) is 8.43. The zero-order valence-electron chi connectivity index (χ0n) is 16.6. The molecule has 0 atom stereocenters. The third-order valence-corrected chi connectivity index (χ3v) is 6.54. The van der Waals surface area contributed by atoms with Gasteiger partial charge in [0, 0.05) is 37.6 Å². The quantitative estimate of drug-likeness (QED) is 0.645. The number of nitrogens with zero attached hydrogens (tertiary/aromatic N) is 5. The van der Waals surface area contributed by atoms with Gasteiger partial charge in [0.1, 0.15) is 5.52 Å². The van der Waals surface area contributed by atoms with Crippen molar-refractivity contribution in [3.8, 4) is 0 Å². The minimum absolute atomic E-state index is 0.486. The standard InChI is InChI=1S/C20H28N8/c1-14-12-17(25-24-14)22-18-16-4-3-11-28(16)26-19(23-18)27(2)15-5-7-20(8-6-15)9-10-21-13-20/h3-4,11-12,15,21H,5-10,13H2,1-2H3,(H2,22,23,24,25,26). The van der Waals surface area contributed by atoms with Gasteiger partial charge >= 0.3 is 0 Å². The van der Waals surface area contributed by atoms with Gasteiger partial charge in [-0.25, -0.2) is 4.52 Å². The molecule has 0 radical (unpaired) electrons. The zero-order chi connectivity index (χ0) is 19.1. The molecule has 0 bridgehead atoms. The van der Waals surface area contributed by atoms with Crippen LogP contribution in [-0.4, -0.2) is 51.0 Å². The Morgan fingerprint density at radius 1 is 1.29 bits per heavy atom. The third kappa shape index (κ3) is 3.11. The summed E-state index contributed by atoms with van der Waals surface area (Å²) < 4.78 is 1.89. The van der Waals surface area contributed by atoms with Crippen LogP contribution in [0.15, 0.2) is 24.4 Å². The first kappa shape index (κ1) is 17.5. The molecular formula is C20H28N8. The molecule has 1 aliphatic carbocycles. The van der Waals surface area contributed by atoms with Crippen molar-refractivity contribution in [2.75, 3.05) is 30.4 Å². The van der Waals surface area contributed by atoms with Crippen molar-refractivity contribution in [2.24, 2.45) is 5.41 Å². The number of fused-ring (bicyclic) bond motifs is 1. The highest BCUT2D eigenvalue weighted by Crippen LogP contribution is 2.42. The zero-order valence-corrected chi connectivity index (χ0v) is 16.6. The van der Waals surface area contributed by atoms with E-state index in [-0.39, 0.29) is 0 Å². The number of hydrogen-bond acceptors (Lipinski definition) is 6. The molecule has 1 aliphatic heterocycles. The van der Waals surface area contributed by atoms with E-state index in [2.05, 4.69) is 32.8 Å². The van der Waals surface area contributed by atoms with Crippen LogP contribution in [-0.2, 0) is 0 Å². The minimum atomic E-state index is 0.486. The van der Waals surface area contributed by atoms with Gasteiger partial charge in [-0.2, -0.15) is 10.1 Å². The van der Waals surface area contributed by atoms with Gasteiger partial charge in [-0.05, 0) is 63.1 Å². The number of aromatic nitrogens is 5. The number of hydrogen-bond donors (Lipinski definition) is 3. The van der Waals surface area contributed by atoms with E-state index in [0.717, 1.165) is 28.8 Å². The van der Waals surface area contributed by atoms with Gasteiger partial charge in [0.25, 0.3) is 0 Å². The fourth-order valence-corrected chi connectivity index (χ4v) is 4.76. The lowest BCUT2D eigenvalue weighted by Gasteiger charge is -2.40. The molecule has 0 aromatic carbocycles. The summed E-state index contributed by atoms with van der Waals surface area (Å²) in [6, 6.07) is 6.47. The second-order valence-corrected chi connectivity index (χ2v) is 8.43. The Morgan fingerprint density at radius 2 is 2.14 bits per heavy atom. The predicted molar refractivity (Wildman–Crippen MR) is 110 cm³/mol. The molecule has 28 heavy (non-hydrogen) atoms. The van der Waals surface area contributed by atoms with Crippen LogP contribution < -0.4 is 15.5 Å². The molecule has 0 unspecified atom stereocenters. The predicted octanol–water partition coefficient (Wildman–Crippen LogP) is 2.86. The average molecular weight is 381 g/mol. The van der Waals surface area contributed by atoms with E-state index >= 15 is 0 Å². The van der Waals surface area contributed by atoms with E-state index in [9.17, 15) is 0 Å². The van der Waals surface area contributed by atoms with Crippen LogP contribution in [0.4, 0.5) is 17.6 Å². The Hall–Kier alpha value is -2.61. The highest BCUT2D eigenvalue weighted by atomic mass is 15.4. The number of nitrogens with one attached hydrogen (secondary N) is 3. The fourth-order valence-electron chi connectivity index (χ4n) is 4.76. The summed E-state index contributed by atoms with van der Waals surface area (Å²) in [4.78, 5) is 7.12. The molecule has 3 N–H and O–H groups in total. The summed E-state index contributed by atoms with van der Waals surface area (Å²) in [7, 11) is 2.13. The van der Waals surface area contributed by atoms with Crippen molar-refractivity contribution >= 4 is 23.1 Å². The summed E-state index contributed by atoms with van der Waals surface area (Å²) in [6.45, 7) is 4.35. The highest BCUT2D eigenvalue weighted by Gasteiger charge is 2.38. The van der Waals surface area contributed by atoms with Crippen LogP contribution >= 0.6 is 0 Å². The number of rotatable bonds is 4. The van der Waals surface area contributed by atoms with Crippen molar-refractivity contribution in [1.82, 2.24) is 30.1 Å². The Balaban J connectivity index is 1.39. The Labute approximate surface area is 164 Å². The van der Waals surface area contributed by atoms with E-state index in [4.69, 9.17) is 10.1 Å². The molecule has 3 aromatic heterocycles. The number of aryl methyl sites for hydroxylation is 1. The van der Waals surface area contributed by atoms with Crippen molar-refractivity contribution in [1.29, 1.82) is 0 Å². The van der Waals surface area contributed by atoms with Crippen LogP contribution in [0.25, 0.3) is 5.52 Å². The minimum Gasteiger partial charge on any atom is -0.340 e. The summed E-state index contributed by atoms with van der Waals surface area (Å²) in [5.41, 5.74) is 2.49. The van der Waals surface area contributed by atoms with Gasteiger partial charge in [0.15, 0.2) is 11.6 Å². The fraction of sp³-hybridized carbons (Fsp3) is 0.550. The average Bonchev–Trinajstić information content (AvgIpc) is 3.44. The maximum absolute atomic E-state index is 4.86. The van der Waals surface area contributed by atoms with E-state index in [1.54, 1.807) is 0 Å². The van der Waals surface area contributed by atoms with Crippen molar-refractivity contribution in [3.63, 3.8) is 0 Å². The summed E-state index contributed by atoms with van der Waals surface area (Å²) >= 11 is 0. The van der Waals surface area contributed by atoms with Gasteiger partial charge in [0.05, 0.1) is 0 Å². The first-order chi connectivity index (χ1) is 13.6. The van der Waals surface area contributed by atoms with Crippen LogP contribution in [0.2, 0.25) is 0 Å². The van der Waals surface area contributed by atoms with Crippen molar-refractivity contribution in [2.45, 2.75) is 45.1 Å². The lowest BCUT2D eigenvalue weighted by Crippen LogP contribution is -2.40. The van der Waals surface area contributed by atoms with Gasteiger partial charge in [-0.1, -0.05) is 0 Å². The molecule has 1 saturated heterocycles. The van der Waals surface area contributed by atoms with Crippen LogP contribution in [0.3, 0.4) is 0 Å². The lowest BCUT2D eigenvalue weighted by atomic mass is 9.72. The SMILES string of the molecule is Cc1cc(Nc2nc(N(C)C3CCC4(CCNC4)CC3)nn3cccc23)n[nH]1. The molecule has 2 aliphatic rings. The van der Waals surface area contributed by atoms with Crippen LogP contribution in [0.1, 0.15) is 37.8 Å². The molecule has 8 heteroatoms. The van der Waals surface area contributed by atoms with Crippen LogP contribution in [0.5, 0.6) is 0 Å². The van der Waals surface area contributed by atoms with Crippen molar-refractivity contribution in [3.05, 3.63) is 30.1 Å². The maximum atomic E-state index is 4.86. The lowest BCUT2D eigenvalue weighted by molar-refractivity contribution is 0.197. The van der Waals surface area contributed by atoms with E-state index in [1.165, 1.54) is 45.2 Å². The van der Waals surface area contributed by atoms with Gasteiger partial charge < -0.3 is 15.5 Å². The normalized spacial score (nSPS) is 24.9. The number of H-pyrrole nitrogens is 1. The van der Waals surface area contributed by atoms with E-state index in [0.29, 0.717) is 11.5 Å². The Bertz CT molecular complexity index is 958. The Kier molecular flexibility index (Phi) is 4.23. The summed E-state index contributed by atoms with van der Waals surface area (Å²) in [5, 5.41) is 18.9. The molecular weight excluding hydrogens is 352 g/mol. The topological polar surface area (TPSA) is 86.2 Å². The van der Waals surface area contributed by atoms with Crippen LogP contribution in [0, 0.1) is 12.3 Å². The summed E-state index contributed by atoms with van der Waals surface area (Å²) in [5.74, 6) is 2.30. The highest BCUT2D eigenvalue weighted by molar-refractivity contribution is 5.73. The molecule has 2 fully saturated rings. The van der Waals surface area contributed by atoms with Crippen molar-refractivity contribution < 1.29 is 0 Å². The molecule has 8 nitrogen and oxygen atoms in total. The molecule has 148 valence electrons. The molecule has 4 heterocycles. The van der Waals surface area contributed by atoms with Gasteiger partial charge in [-0.3, -0.25) is 5.10 Å². The molecule has 0 amide bonds. The Morgan fingerprint density at radius 3 is 2.86 bits per heavy atom. The molecule has 1 saturated carbocycles. The monoisotopic (exact) mass is 380 g/mol. The number of aromatic amines is 1. The molecule has 1 spiro atoms. The van der Waals surface area contributed by atoms with Gasteiger partial charge in [0.2, 0.25) is 5.95 Å². The molecule has 3 aromatic rings. The summed E-state index contributed by atoms with van der Waals surface area (Å²) in [6.07, 6.45) is 8.28. The third-order valence-electron chi connectivity index (χ3n) is 6.54. The number of anilines is 3. The van der Waals surface area contributed by atoms with Gasteiger partial charge in [-0.15, -0.1) is 5.10 Å². The first-order valence-corrected chi connectivity index (χ1v) is 10.2. The second kappa shape index (κ2) is 6.77. The molecule has 5 rings (SSSR count). The van der Waals surface area contributed by atoms with E-state index in [1.807, 2.05) is 35.8 Å².